The Morgan fingerprint density at radius 2 is 1.08 bits per heavy atom. The highest BCUT2D eigenvalue weighted by Gasteiger charge is 2.37. The van der Waals surface area contributed by atoms with Crippen molar-refractivity contribution in [1.82, 2.24) is 44.8 Å². The van der Waals surface area contributed by atoms with Crippen LogP contribution >= 0.6 is 11.6 Å². The number of alkyl halides is 10. The van der Waals surface area contributed by atoms with Crippen molar-refractivity contribution in [3.05, 3.63) is 53.2 Å². The van der Waals surface area contributed by atoms with Crippen LogP contribution in [0.5, 0.6) is 0 Å². The molecule has 2 saturated heterocycles. The number of nitrogens with one attached hydrogen (secondary N) is 3. The summed E-state index contributed by atoms with van der Waals surface area (Å²) < 4.78 is 142. The van der Waals surface area contributed by atoms with Crippen LogP contribution in [0.1, 0.15) is 62.8 Å². The van der Waals surface area contributed by atoms with Crippen LogP contribution < -0.4 is 20.9 Å². The van der Waals surface area contributed by atoms with E-state index in [9.17, 15) is 43.9 Å². The average Bonchev–Trinajstić information content (AvgIpc) is 3.94. The third kappa shape index (κ3) is 13.7. The van der Waals surface area contributed by atoms with E-state index in [1.165, 1.54) is 6.07 Å². The topological polar surface area (TPSA) is 145 Å². The predicted molar refractivity (Wildman–Crippen MR) is 202 cm³/mol. The van der Waals surface area contributed by atoms with Crippen LogP contribution in [0.25, 0.3) is 11.9 Å². The van der Waals surface area contributed by atoms with Crippen LogP contribution in [0.2, 0.25) is 5.15 Å². The molecule has 4 fully saturated rings. The predicted octanol–water partition coefficient (Wildman–Crippen LogP) is 7.44. The molecule has 0 spiro atoms. The SMILES string of the molecule is C1COCCN1.FC1(F)CCC(Nc2cc(Cl)nc(-n3ccc(C(F)(F)F)n3)n2)CC1.FC1(F)CCC(Nc2cc(N3CCOCC3)nc(-n3ccc(C(F)(F)F)n3)n2)CC1. The standard InChI is InChI=1S/C18H21F5N6O.C14H13ClF5N5.C4H9NO/c19-17(20)4-1-12(2-5-17)24-14-11-15(28-7-9-30-10-8-28)26-16(25-14)29-6-3-13(27-29)18(21,22)23;15-10-7-11(21-8-1-4-13(16,17)5-2-8)23-12(22-10)25-6-3-9(24-25)14(18,19)20;1-3-6-4-2-5-1/h3,6,11-12H,1-2,4-5,7-10H2,(H,24,25,26);3,6-8H,1-2,4-5H2,(H,21,22,23);5H,1-4H2. The Kier molecular flexibility index (Phi) is 14.8. The molecule has 0 amide bonds. The molecule has 61 heavy (non-hydrogen) atoms. The summed E-state index contributed by atoms with van der Waals surface area (Å²) in [5.41, 5.74) is -2.13. The van der Waals surface area contributed by atoms with Gasteiger partial charge in [-0.2, -0.15) is 56.5 Å². The number of nitrogens with zero attached hydrogens (tertiary/aromatic N) is 9. The number of rotatable bonds is 7. The van der Waals surface area contributed by atoms with Crippen molar-refractivity contribution in [3.8, 4) is 11.9 Å². The van der Waals surface area contributed by atoms with Crippen molar-refractivity contribution in [2.75, 3.05) is 68.1 Å². The molecule has 0 aromatic carbocycles. The molecule has 14 nitrogen and oxygen atoms in total. The van der Waals surface area contributed by atoms with Gasteiger partial charge in [0.15, 0.2) is 11.4 Å². The molecule has 0 atom stereocenters. The molecule has 6 heterocycles. The van der Waals surface area contributed by atoms with Crippen LogP contribution in [0.4, 0.5) is 61.4 Å². The molecule has 4 aromatic rings. The van der Waals surface area contributed by atoms with Gasteiger partial charge in [0, 0.05) is 88.5 Å². The van der Waals surface area contributed by atoms with Gasteiger partial charge in [0.2, 0.25) is 11.8 Å². The molecular formula is C36H43ClF10N12O2. The molecule has 0 bridgehead atoms. The first-order chi connectivity index (χ1) is 28.8. The maximum Gasteiger partial charge on any atom is 0.435 e. The summed E-state index contributed by atoms with van der Waals surface area (Å²) in [6.07, 6.45) is -6.79. The Hall–Kier alpha value is -4.55. The van der Waals surface area contributed by atoms with E-state index in [1.54, 1.807) is 6.07 Å². The zero-order valence-corrected chi connectivity index (χ0v) is 33.2. The van der Waals surface area contributed by atoms with Gasteiger partial charge in [-0.1, -0.05) is 11.6 Å². The Morgan fingerprint density at radius 1 is 0.639 bits per heavy atom. The number of hydrogen-bond donors (Lipinski definition) is 3. The summed E-state index contributed by atoms with van der Waals surface area (Å²) in [5.74, 6) is -4.37. The first kappa shape index (κ1) is 46.0. The Balaban J connectivity index is 0.000000181. The monoisotopic (exact) mass is 900 g/mol. The lowest BCUT2D eigenvalue weighted by atomic mass is 9.92. The zero-order chi connectivity index (χ0) is 43.8. The molecule has 4 aromatic heterocycles. The fourth-order valence-electron chi connectivity index (χ4n) is 6.61. The van der Waals surface area contributed by atoms with Gasteiger partial charge in [-0.05, 0) is 37.8 Å². The van der Waals surface area contributed by atoms with Crippen molar-refractivity contribution in [2.45, 2.75) is 87.6 Å². The lowest BCUT2D eigenvalue weighted by Crippen LogP contribution is -2.37. The summed E-state index contributed by atoms with van der Waals surface area (Å²) in [7, 11) is 0. The molecule has 25 heteroatoms. The maximum atomic E-state index is 13.4. The van der Waals surface area contributed by atoms with E-state index in [4.69, 9.17) is 21.1 Å². The summed E-state index contributed by atoms with van der Waals surface area (Å²) in [4.78, 5) is 18.5. The fraction of sp³-hybridized carbons (Fsp3) is 0.611. The smallest absolute Gasteiger partial charge is 0.379 e. The molecule has 0 unspecified atom stereocenters. The van der Waals surface area contributed by atoms with Gasteiger partial charge in [-0.3, -0.25) is 0 Å². The van der Waals surface area contributed by atoms with Crippen LogP contribution in [0.15, 0.2) is 36.7 Å². The van der Waals surface area contributed by atoms with Gasteiger partial charge in [0.05, 0.1) is 26.4 Å². The molecule has 8 rings (SSSR count). The largest absolute Gasteiger partial charge is 0.435 e. The number of anilines is 3. The number of aromatic nitrogens is 8. The van der Waals surface area contributed by atoms with Gasteiger partial charge in [-0.15, -0.1) is 0 Å². The van der Waals surface area contributed by atoms with Crippen LogP contribution in [-0.4, -0.2) is 116 Å². The van der Waals surface area contributed by atoms with Gasteiger partial charge >= 0.3 is 12.4 Å². The zero-order valence-electron chi connectivity index (χ0n) is 32.4. The molecule has 2 aliphatic carbocycles. The highest BCUT2D eigenvalue weighted by atomic mass is 35.5. The number of morpholine rings is 2. The number of halogens is 11. The third-order valence-corrected chi connectivity index (χ3v) is 10.1. The summed E-state index contributed by atoms with van der Waals surface area (Å²) in [6.45, 7) is 5.97. The van der Waals surface area contributed by atoms with E-state index in [1.807, 2.05) is 4.90 Å². The first-order valence-corrected chi connectivity index (χ1v) is 19.8. The van der Waals surface area contributed by atoms with Gasteiger partial charge < -0.3 is 30.3 Å². The van der Waals surface area contributed by atoms with E-state index in [2.05, 4.69) is 46.1 Å². The van der Waals surface area contributed by atoms with E-state index < -0.39 is 35.6 Å². The minimum Gasteiger partial charge on any atom is -0.379 e. The number of ether oxygens (including phenoxy) is 2. The van der Waals surface area contributed by atoms with Crippen LogP contribution in [0, 0.1) is 0 Å². The summed E-state index contributed by atoms with van der Waals surface area (Å²) >= 11 is 5.89. The molecule has 336 valence electrons. The van der Waals surface area contributed by atoms with Crippen molar-refractivity contribution >= 4 is 29.1 Å². The maximum absolute atomic E-state index is 13.4. The Labute approximate surface area is 347 Å². The lowest BCUT2D eigenvalue weighted by molar-refractivity contribution is -0.142. The van der Waals surface area contributed by atoms with E-state index >= 15 is 0 Å². The molecule has 2 saturated carbocycles. The van der Waals surface area contributed by atoms with E-state index in [0.717, 1.165) is 60.2 Å². The second-order valence-electron chi connectivity index (χ2n) is 14.6. The highest BCUT2D eigenvalue weighted by molar-refractivity contribution is 6.29. The fourth-order valence-corrected chi connectivity index (χ4v) is 6.79. The summed E-state index contributed by atoms with van der Waals surface area (Å²) in [6, 6.07) is 4.28. The average molecular weight is 901 g/mol. The van der Waals surface area contributed by atoms with Gasteiger partial charge in [0.25, 0.3) is 11.9 Å². The lowest BCUT2D eigenvalue weighted by Gasteiger charge is -2.30. The second-order valence-corrected chi connectivity index (χ2v) is 15.0. The first-order valence-electron chi connectivity index (χ1n) is 19.4. The quantitative estimate of drug-likeness (QED) is 0.125. The molecule has 3 N–H and O–H groups in total. The van der Waals surface area contributed by atoms with Gasteiger partial charge in [0.1, 0.15) is 22.6 Å². The molecular weight excluding hydrogens is 858 g/mol. The molecule has 0 radical (unpaired) electrons. The minimum absolute atomic E-state index is 0.00213. The third-order valence-electron chi connectivity index (χ3n) is 9.87. The molecule has 2 aliphatic heterocycles. The Bertz CT molecular complexity index is 1990. The van der Waals surface area contributed by atoms with Crippen molar-refractivity contribution in [1.29, 1.82) is 0 Å². The second kappa shape index (κ2) is 19.7. The number of hydrogen-bond acceptors (Lipinski definition) is 12. The van der Waals surface area contributed by atoms with E-state index in [0.29, 0.717) is 37.9 Å². The van der Waals surface area contributed by atoms with E-state index in [-0.39, 0.29) is 86.3 Å². The van der Waals surface area contributed by atoms with Crippen molar-refractivity contribution in [3.63, 3.8) is 0 Å². The normalized spacial score (nSPS) is 19.9. The van der Waals surface area contributed by atoms with Crippen molar-refractivity contribution in [2.24, 2.45) is 0 Å². The highest BCUT2D eigenvalue weighted by Crippen LogP contribution is 2.36. The van der Waals surface area contributed by atoms with Crippen LogP contribution in [0.3, 0.4) is 0 Å². The van der Waals surface area contributed by atoms with Crippen molar-refractivity contribution < 1.29 is 53.4 Å². The minimum atomic E-state index is -4.59. The van der Waals surface area contributed by atoms with Crippen LogP contribution in [-0.2, 0) is 21.8 Å². The Morgan fingerprint density at radius 3 is 1.49 bits per heavy atom. The summed E-state index contributed by atoms with van der Waals surface area (Å²) in [5, 5.41) is 16.2. The molecule has 4 aliphatic rings. The van der Waals surface area contributed by atoms with Gasteiger partial charge in [-0.25, -0.2) is 26.9 Å².